The Bertz CT molecular complexity index is 490. The predicted molar refractivity (Wildman–Crippen MR) is 82.2 cm³/mol. The maximum atomic E-state index is 6.06. The smallest absolute Gasteiger partial charge is 0.127 e. The summed E-state index contributed by atoms with van der Waals surface area (Å²) in [4.78, 5) is 2.54. The molecule has 0 unspecified atom stereocenters. The fraction of sp³-hybridized carbons (Fsp3) is 0.647. The molecule has 0 aliphatic carbocycles. The predicted octanol–water partition coefficient (Wildman–Crippen LogP) is 1.74. The molecular weight excluding hydrogens is 264 g/mol. The number of benzene rings is 1. The highest BCUT2D eigenvalue weighted by atomic mass is 16.5. The Balaban J connectivity index is 1.71. The summed E-state index contributed by atoms with van der Waals surface area (Å²) in [6, 6.07) is 2.24. The Morgan fingerprint density at radius 3 is 2.76 bits per heavy atom. The molecule has 0 bridgehead atoms. The number of aryl methyl sites for hydroxylation is 1. The fourth-order valence-corrected chi connectivity index (χ4v) is 3.69. The SMILES string of the molecule is c1c2c(c(CN3CCNCC3)c3c1OCCC3)OCCC2. The molecule has 0 aromatic heterocycles. The summed E-state index contributed by atoms with van der Waals surface area (Å²) >= 11 is 0. The molecule has 0 atom stereocenters. The molecule has 1 aromatic carbocycles. The van der Waals surface area contributed by atoms with E-state index in [9.17, 15) is 0 Å². The summed E-state index contributed by atoms with van der Waals surface area (Å²) in [6.07, 6.45) is 4.51. The van der Waals surface area contributed by atoms with Gasteiger partial charge in [-0.3, -0.25) is 4.90 Å². The number of nitrogens with one attached hydrogen (secondary N) is 1. The van der Waals surface area contributed by atoms with E-state index in [-0.39, 0.29) is 0 Å². The average molecular weight is 288 g/mol. The van der Waals surface area contributed by atoms with Crippen molar-refractivity contribution in [2.45, 2.75) is 32.2 Å². The van der Waals surface area contributed by atoms with Crippen LogP contribution in [0.3, 0.4) is 0 Å². The van der Waals surface area contributed by atoms with Crippen molar-refractivity contribution in [1.82, 2.24) is 10.2 Å². The van der Waals surface area contributed by atoms with Gasteiger partial charge in [0.2, 0.25) is 0 Å². The van der Waals surface area contributed by atoms with Crippen molar-refractivity contribution >= 4 is 0 Å². The van der Waals surface area contributed by atoms with E-state index in [1.165, 1.54) is 22.4 Å². The first-order chi connectivity index (χ1) is 10.4. The minimum absolute atomic E-state index is 0.861. The van der Waals surface area contributed by atoms with E-state index in [1.807, 2.05) is 0 Å². The quantitative estimate of drug-likeness (QED) is 0.899. The van der Waals surface area contributed by atoms with Gasteiger partial charge in [0.15, 0.2) is 0 Å². The molecule has 3 aliphatic heterocycles. The Morgan fingerprint density at radius 2 is 1.86 bits per heavy atom. The molecule has 0 radical (unpaired) electrons. The summed E-state index contributed by atoms with van der Waals surface area (Å²) in [5.74, 6) is 2.29. The zero-order valence-corrected chi connectivity index (χ0v) is 12.6. The summed E-state index contributed by atoms with van der Waals surface area (Å²) < 4.78 is 12.0. The van der Waals surface area contributed by atoms with Gasteiger partial charge in [0.05, 0.1) is 13.2 Å². The Labute approximate surface area is 126 Å². The first-order valence-corrected chi connectivity index (χ1v) is 8.28. The second kappa shape index (κ2) is 5.85. The van der Waals surface area contributed by atoms with Crippen LogP contribution in [-0.2, 0) is 19.4 Å². The normalized spacial score (nSPS) is 21.9. The molecule has 0 saturated carbocycles. The van der Waals surface area contributed by atoms with E-state index in [1.54, 1.807) is 0 Å². The number of ether oxygens (including phenoxy) is 2. The number of rotatable bonds is 2. The van der Waals surface area contributed by atoms with Crippen LogP contribution >= 0.6 is 0 Å². The van der Waals surface area contributed by atoms with Crippen molar-refractivity contribution in [1.29, 1.82) is 0 Å². The lowest BCUT2D eigenvalue weighted by molar-refractivity contribution is 0.219. The Kier molecular flexibility index (Phi) is 3.74. The van der Waals surface area contributed by atoms with Crippen LogP contribution in [0.4, 0.5) is 0 Å². The molecule has 0 spiro atoms. The van der Waals surface area contributed by atoms with Crippen LogP contribution in [0.2, 0.25) is 0 Å². The average Bonchev–Trinajstić information content (AvgIpc) is 2.55. The van der Waals surface area contributed by atoms with Crippen molar-refractivity contribution in [2.24, 2.45) is 0 Å². The molecular formula is C17H24N2O2. The van der Waals surface area contributed by atoms with Gasteiger partial charge in [-0.2, -0.15) is 0 Å². The summed E-state index contributed by atoms with van der Waals surface area (Å²) in [5, 5.41) is 3.43. The molecule has 3 heterocycles. The largest absolute Gasteiger partial charge is 0.493 e. The van der Waals surface area contributed by atoms with Crippen molar-refractivity contribution in [3.63, 3.8) is 0 Å². The Hall–Kier alpha value is -1.26. The van der Waals surface area contributed by atoms with Crippen LogP contribution in [0.25, 0.3) is 0 Å². The minimum Gasteiger partial charge on any atom is -0.493 e. The molecule has 1 aromatic rings. The molecule has 4 nitrogen and oxygen atoms in total. The number of nitrogens with zero attached hydrogens (tertiary/aromatic N) is 1. The van der Waals surface area contributed by atoms with Gasteiger partial charge in [-0.25, -0.2) is 0 Å². The zero-order valence-electron chi connectivity index (χ0n) is 12.6. The van der Waals surface area contributed by atoms with Gasteiger partial charge in [-0.1, -0.05) is 0 Å². The lowest BCUT2D eigenvalue weighted by Gasteiger charge is -2.32. The van der Waals surface area contributed by atoms with E-state index in [0.717, 1.165) is 77.4 Å². The van der Waals surface area contributed by atoms with Gasteiger partial charge in [0.1, 0.15) is 11.5 Å². The first-order valence-electron chi connectivity index (χ1n) is 8.28. The van der Waals surface area contributed by atoms with E-state index < -0.39 is 0 Å². The maximum absolute atomic E-state index is 6.06. The van der Waals surface area contributed by atoms with Crippen molar-refractivity contribution in [3.05, 3.63) is 22.8 Å². The minimum atomic E-state index is 0.861. The van der Waals surface area contributed by atoms with Crippen molar-refractivity contribution in [2.75, 3.05) is 39.4 Å². The van der Waals surface area contributed by atoms with Gasteiger partial charge < -0.3 is 14.8 Å². The van der Waals surface area contributed by atoms with Crippen LogP contribution in [0.1, 0.15) is 29.5 Å². The zero-order chi connectivity index (χ0) is 14.1. The molecule has 4 rings (SSSR count). The molecule has 1 fully saturated rings. The number of fused-ring (bicyclic) bond motifs is 2. The summed E-state index contributed by atoms with van der Waals surface area (Å²) in [6.45, 7) is 7.17. The Morgan fingerprint density at radius 1 is 1.05 bits per heavy atom. The lowest BCUT2D eigenvalue weighted by Crippen LogP contribution is -2.43. The second-order valence-electron chi connectivity index (χ2n) is 6.25. The van der Waals surface area contributed by atoms with Crippen molar-refractivity contribution in [3.8, 4) is 11.5 Å². The third-order valence-corrected chi connectivity index (χ3v) is 4.79. The third-order valence-electron chi connectivity index (χ3n) is 4.79. The fourth-order valence-electron chi connectivity index (χ4n) is 3.69. The first kappa shape index (κ1) is 13.4. The topological polar surface area (TPSA) is 33.7 Å². The van der Waals surface area contributed by atoms with Crippen LogP contribution in [-0.4, -0.2) is 44.3 Å². The van der Waals surface area contributed by atoms with Crippen LogP contribution in [0, 0.1) is 0 Å². The van der Waals surface area contributed by atoms with E-state index in [0.29, 0.717) is 0 Å². The molecule has 21 heavy (non-hydrogen) atoms. The van der Waals surface area contributed by atoms with Gasteiger partial charge in [0.25, 0.3) is 0 Å². The number of hydrogen-bond acceptors (Lipinski definition) is 4. The lowest BCUT2D eigenvalue weighted by atomic mass is 9.92. The van der Waals surface area contributed by atoms with Crippen LogP contribution < -0.4 is 14.8 Å². The second-order valence-corrected chi connectivity index (χ2v) is 6.25. The number of piperazine rings is 1. The maximum Gasteiger partial charge on any atom is 0.127 e. The van der Waals surface area contributed by atoms with Gasteiger partial charge >= 0.3 is 0 Å². The standard InChI is InChI=1S/C17H24N2O2/c1-3-13-11-16-14(4-2-9-20-16)15(17(13)21-10-1)12-19-7-5-18-6-8-19/h11,18H,1-10,12H2. The van der Waals surface area contributed by atoms with Crippen LogP contribution in [0.15, 0.2) is 6.07 Å². The van der Waals surface area contributed by atoms with E-state index in [2.05, 4.69) is 16.3 Å². The summed E-state index contributed by atoms with van der Waals surface area (Å²) in [5.41, 5.74) is 4.16. The highest BCUT2D eigenvalue weighted by molar-refractivity contribution is 5.55. The van der Waals surface area contributed by atoms with Crippen LogP contribution in [0.5, 0.6) is 11.5 Å². The highest BCUT2D eigenvalue weighted by Gasteiger charge is 2.25. The number of hydrogen-bond donors (Lipinski definition) is 1. The molecule has 3 aliphatic rings. The van der Waals surface area contributed by atoms with E-state index in [4.69, 9.17) is 9.47 Å². The third kappa shape index (κ3) is 2.62. The van der Waals surface area contributed by atoms with Gasteiger partial charge in [-0.05, 0) is 37.3 Å². The molecule has 1 N–H and O–H groups in total. The molecule has 0 amide bonds. The highest BCUT2D eigenvalue weighted by Crippen LogP contribution is 2.40. The monoisotopic (exact) mass is 288 g/mol. The molecule has 1 saturated heterocycles. The molecule has 114 valence electrons. The summed E-state index contributed by atoms with van der Waals surface area (Å²) in [7, 11) is 0. The molecule has 4 heteroatoms. The van der Waals surface area contributed by atoms with Gasteiger partial charge in [0, 0.05) is 43.9 Å². The van der Waals surface area contributed by atoms with E-state index >= 15 is 0 Å². The van der Waals surface area contributed by atoms with Crippen molar-refractivity contribution < 1.29 is 9.47 Å². The van der Waals surface area contributed by atoms with Gasteiger partial charge in [-0.15, -0.1) is 0 Å².